The Morgan fingerprint density at radius 3 is 3.00 bits per heavy atom. The van der Waals surface area contributed by atoms with Crippen LogP contribution in [0.3, 0.4) is 0 Å². The Kier molecular flexibility index (Phi) is 4.39. The minimum atomic E-state index is -0.0746. The minimum Gasteiger partial charge on any atom is -0.325 e. The van der Waals surface area contributed by atoms with Crippen LogP contribution in [0.15, 0.2) is 12.1 Å². The maximum atomic E-state index is 11.7. The fourth-order valence-electron chi connectivity index (χ4n) is 1.98. The van der Waals surface area contributed by atoms with E-state index >= 15 is 0 Å². The molecular formula is C13H16ClN3O2. The van der Waals surface area contributed by atoms with Crippen LogP contribution in [0.25, 0.3) is 0 Å². The second-order valence-corrected chi connectivity index (χ2v) is 4.88. The molecule has 0 saturated carbocycles. The van der Waals surface area contributed by atoms with E-state index in [1.54, 1.807) is 12.1 Å². The summed E-state index contributed by atoms with van der Waals surface area (Å²) in [6, 6.07) is 3.43. The number of amides is 2. The Hall–Kier alpha value is -1.59. The van der Waals surface area contributed by atoms with Gasteiger partial charge in [-0.25, -0.2) is 0 Å². The Morgan fingerprint density at radius 1 is 1.47 bits per heavy atom. The molecule has 1 heterocycles. The summed E-state index contributed by atoms with van der Waals surface area (Å²) in [6.45, 7) is 0.795. The summed E-state index contributed by atoms with van der Waals surface area (Å²) in [7, 11) is 1.85. The third-order valence-electron chi connectivity index (χ3n) is 2.92. The molecule has 102 valence electrons. The summed E-state index contributed by atoms with van der Waals surface area (Å²) >= 11 is 6.08. The van der Waals surface area contributed by atoms with Crippen molar-refractivity contribution >= 4 is 34.8 Å². The molecular weight excluding hydrogens is 266 g/mol. The molecule has 0 bridgehead atoms. The van der Waals surface area contributed by atoms with Crippen LogP contribution >= 0.6 is 11.6 Å². The number of carbonyl (C=O) groups is 2. The van der Waals surface area contributed by atoms with E-state index in [-0.39, 0.29) is 11.8 Å². The van der Waals surface area contributed by atoms with Crippen LogP contribution < -0.4 is 16.0 Å². The fraction of sp³-hybridized carbons (Fsp3) is 0.385. The van der Waals surface area contributed by atoms with Gasteiger partial charge >= 0.3 is 0 Å². The van der Waals surface area contributed by atoms with E-state index in [9.17, 15) is 9.59 Å². The van der Waals surface area contributed by atoms with Gasteiger partial charge in [-0.3, -0.25) is 9.59 Å². The smallest absolute Gasteiger partial charge is 0.228 e. The van der Waals surface area contributed by atoms with Crippen molar-refractivity contribution in [2.75, 3.05) is 24.2 Å². The van der Waals surface area contributed by atoms with E-state index in [0.29, 0.717) is 23.6 Å². The molecule has 0 radical (unpaired) electrons. The van der Waals surface area contributed by atoms with E-state index in [2.05, 4.69) is 16.0 Å². The van der Waals surface area contributed by atoms with Gasteiger partial charge in [0.1, 0.15) is 0 Å². The number of rotatable bonds is 5. The molecule has 0 spiro atoms. The molecule has 0 saturated heterocycles. The molecule has 1 aliphatic rings. The largest absolute Gasteiger partial charge is 0.325 e. The van der Waals surface area contributed by atoms with Crippen LogP contribution in [-0.2, 0) is 16.0 Å². The van der Waals surface area contributed by atoms with Crippen LogP contribution in [0.1, 0.15) is 18.4 Å². The van der Waals surface area contributed by atoms with Crippen molar-refractivity contribution in [1.29, 1.82) is 0 Å². The van der Waals surface area contributed by atoms with Crippen LogP contribution in [-0.4, -0.2) is 25.4 Å². The third-order valence-corrected chi connectivity index (χ3v) is 3.24. The van der Waals surface area contributed by atoms with Crippen molar-refractivity contribution in [3.63, 3.8) is 0 Å². The summed E-state index contributed by atoms with van der Waals surface area (Å²) < 4.78 is 0. The number of carbonyl (C=O) groups excluding carboxylic acids is 2. The molecule has 1 aromatic rings. The van der Waals surface area contributed by atoms with Crippen LogP contribution in [0, 0.1) is 0 Å². The van der Waals surface area contributed by atoms with Gasteiger partial charge in [0.25, 0.3) is 0 Å². The SMILES string of the molecule is CNCCCC(=O)Nc1cc2c(cc1Cl)NC(=O)C2. The predicted octanol–water partition coefficient (Wildman–Crippen LogP) is 1.77. The number of halogens is 1. The van der Waals surface area contributed by atoms with E-state index < -0.39 is 0 Å². The lowest BCUT2D eigenvalue weighted by atomic mass is 10.1. The zero-order valence-corrected chi connectivity index (χ0v) is 11.4. The molecule has 19 heavy (non-hydrogen) atoms. The van der Waals surface area contributed by atoms with Crippen molar-refractivity contribution < 1.29 is 9.59 Å². The summed E-state index contributed by atoms with van der Waals surface area (Å²) in [5.41, 5.74) is 2.15. The lowest BCUT2D eigenvalue weighted by Gasteiger charge is -2.09. The molecule has 5 nitrogen and oxygen atoms in total. The molecule has 0 aliphatic carbocycles. The molecule has 2 rings (SSSR count). The first kappa shape index (κ1) is 13.8. The lowest BCUT2D eigenvalue weighted by molar-refractivity contribution is -0.116. The number of hydrogen-bond donors (Lipinski definition) is 3. The van der Waals surface area contributed by atoms with Gasteiger partial charge in [-0.1, -0.05) is 11.6 Å². The maximum Gasteiger partial charge on any atom is 0.228 e. The lowest BCUT2D eigenvalue weighted by Crippen LogP contribution is -2.15. The molecule has 0 fully saturated rings. The zero-order chi connectivity index (χ0) is 13.8. The highest BCUT2D eigenvalue weighted by molar-refractivity contribution is 6.34. The summed E-state index contributed by atoms with van der Waals surface area (Å²) in [4.78, 5) is 23.0. The van der Waals surface area contributed by atoms with Crippen LogP contribution in [0.2, 0.25) is 5.02 Å². The first-order valence-corrected chi connectivity index (χ1v) is 6.54. The second kappa shape index (κ2) is 6.04. The average molecular weight is 282 g/mol. The molecule has 0 unspecified atom stereocenters. The fourth-order valence-corrected chi connectivity index (χ4v) is 2.19. The molecule has 0 aromatic heterocycles. The van der Waals surface area contributed by atoms with Gasteiger partial charge in [-0.15, -0.1) is 0 Å². The number of fused-ring (bicyclic) bond motifs is 1. The molecule has 0 atom stereocenters. The molecule has 2 amide bonds. The van der Waals surface area contributed by atoms with Gasteiger partial charge in [0.05, 0.1) is 17.1 Å². The second-order valence-electron chi connectivity index (χ2n) is 4.47. The molecule has 3 N–H and O–H groups in total. The zero-order valence-electron chi connectivity index (χ0n) is 10.7. The van der Waals surface area contributed by atoms with Gasteiger partial charge in [0, 0.05) is 12.1 Å². The summed E-state index contributed by atoms with van der Waals surface area (Å²) in [6.07, 6.45) is 1.53. The van der Waals surface area contributed by atoms with E-state index in [4.69, 9.17) is 11.6 Å². The Balaban J connectivity index is 2.03. The van der Waals surface area contributed by atoms with E-state index in [0.717, 1.165) is 24.2 Å². The maximum absolute atomic E-state index is 11.7. The first-order chi connectivity index (χ1) is 9.10. The van der Waals surface area contributed by atoms with Gasteiger partial charge in [0.15, 0.2) is 0 Å². The normalized spacial score (nSPS) is 13.1. The monoisotopic (exact) mass is 281 g/mol. The van der Waals surface area contributed by atoms with Crippen LogP contribution in [0.5, 0.6) is 0 Å². The van der Waals surface area contributed by atoms with Crippen LogP contribution in [0.4, 0.5) is 11.4 Å². The number of anilines is 2. The van der Waals surface area contributed by atoms with Crippen molar-refractivity contribution in [3.05, 3.63) is 22.7 Å². The van der Waals surface area contributed by atoms with Gasteiger partial charge in [-0.05, 0) is 37.7 Å². The number of nitrogens with one attached hydrogen (secondary N) is 3. The van der Waals surface area contributed by atoms with Crippen molar-refractivity contribution in [3.8, 4) is 0 Å². The van der Waals surface area contributed by atoms with Gasteiger partial charge < -0.3 is 16.0 Å². The summed E-state index contributed by atoms with van der Waals surface area (Å²) in [5.74, 6) is -0.127. The average Bonchev–Trinajstić information content (AvgIpc) is 2.69. The number of hydrogen-bond acceptors (Lipinski definition) is 3. The summed E-state index contributed by atoms with van der Waals surface area (Å²) in [5, 5.41) is 8.91. The molecule has 6 heteroatoms. The quantitative estimate of drug-likeness (QED) is 0.721. The Labute approximate surface area is 116 Å². The third kappa shape index (κ3) is 3.45. The highest BCUT2D eigenvalue weighted by atomic mass is 35.5. The predicted molar refractivity (Wildman–Crippen MR) is 75.6 cm³/mol. The van der Waals surface area contributed by atoms with Gasteiger partial charge in [-0.2, -0.15) is 0 Å². The Morgan fingerprint density at radius 2 is 2.26 bits per heavy atom. The standard InChI is InChI=1S/C13H16ClN3O2/c1-15-4-2-3-12(18)17-11-5-8-6-13(19)16-10(8)7-9(11)14/h5,7,15H,2-4,6H2,1H3,(H,16,19)(H,17,18). The van der Waals surface area contributed by atoms with Crippen molar-refractivity contribution in [2.24, 2.45) is 0 Å². The van der Waals surface area contributed by atoms with E-state index in [1.165, 1.54) is 0 Å². The van der Waals surface area contributed by atoms with Crippen molar-refractivity contribution in [1.82, 2.24) is 5.32 Å². The Bertz CT molecular complexity index is 517. The number of benzene rings is 1. The van der Waals surface area contributed by atoms with Crippen molar-refractivity contribution in [2.45, 2.75) is 19.3 Å². The highest BCUT2D eigenvalue weighted by Crippen LogP contribution is 2.32. The van der Waals surface area contributed by atoms with Gasteiger partial charge in [0.2, 0.25) is 11.8 Å². The van der Waals surface area contributed by atoms with E-state index in [1.807, 2.05) is 7.05 Å². The molecule has 1 aromatic carbocycles. The molecule has 1 aliphatic heterocycles. The minimum absolute atomic E-state index is 0.0523. The highest BCUT2D eigenvalue weighted by Gasteiger charge is 2.20. The topological polar surface area (TPSA) is 70.2 Å². The first-order valence-electron chi connectivity index (χ1n) is 6.17.